The molecule has 0 aliphatic heterocycles. The highest BCUT2D eigenvalue weighted by Gasteiger charge is 2.42. The van der Waals surface area contributed by atoms with Crippen LogP contribution in [0.4, 0.5) is 0 Å². The summed E-state index contributed by atoms with van der Waals surface area (Å²) in [4.78, 5) is 18.0. The molecule has 0 unspecified atom stereocenters. The highest BCUT2D eigenvalue weighted by molar-refractivity contribution is 7.18. The molecule has 1 amide bonds. The second-order valence-electron chi connectivity index (χ2n) is 7.90. The number of hydrogen-bond acceptors (Lipinski definition) is 3. The number of nitrogens with zero attached hydrogens (tertiary/aromatic N) is 1. The average Bonchev–Trinajstić information content (AvgIpc) is 3.17. The van der Waals surface area contributed by atoms with Crippen LogP contribution in [0.2, 0.25) is 0 Å². The molecule has 25 heavy (non-hydrogen) atoms. The summed E-state index contributed by atoms with van der Waals surface area (Å²) in [6.07, 6.45) is 12.7. The summed E-state index contributed by atoms with van der Waals surface area (Å²) in [5.41, 5.74) is 0.847. The zero-order chi connectivity index (χ0) is 17.1. The quantitative estimate of drug-likeness (QED) is 0.761. The summed E-state index contributed by atoms with van der Waals surface area (Å²) in [6, 6.07) is 8.69. The molecule has 0 spiro atoms. The lowest BCUT2D eigenvalue weighted by atomic mass is 9.81. The van der Waals surface area contributed by atoms with E-state index in [4.69, 9.17) is 4.98 Å². The van der Waals surface area contributed by atoms with Gasteiger partial charge in [0, 0.05) is 12.5 Å². The Balaban J connectivity index is 1.51. The fourth-order valence-electron chi connectivity index (χ4n) is 4.58. The molecule has 0 saturated heterocycles. The monoisotopic (exact) mass is 356 g/mol. The first-order chi connectivity index (χ1) is 12.3. The molecule has 3 nitrogen and oxygen atoms in total. The third kappa shape index (κ3) is 3.74. The van der Waals surface area contributed by atoms with E-state index in [1.807, 2.05) is 6.07 Å². The van der Waals surface area contributed by atoms with Gasteiger partial charge in [-0.25, -0.2) is 4.98 Å². The Morgan fingerprint density at radius 3 is 2.52 bits per heavy atom. The second kappa shape index (κ2) is 7.45. The summed E-state index contributed by atoms with van der Waals surface area (Å²) in [5.74, 6) is 0.302. The maximum Gasteiger partial charge on any atom is 0.226 e. The van der Waals surface area contributed by atoms with E-state index in [-0.39, 0.29) is 5.41 Å². The van der Waals surface area contributed by atoms with Crippen LogP contribution in [0.1, 0.15) is 69.2 Å². The van der Waals surface area contributed by atoms with Crippen LogP contribution in [0.25, 0.3) is 10.2 Å². The van der Waals surface area contributed by atoms with Gasteiger partial charge in [-0.05, 0) is 37.8 Å². The summed E-state index contributed by atoms with van der Waals surface area (Å²) < 4.78 is 1.23. The van der Waals surface area contributed by atoms with E-state index in [0.717, 1.165) is 42.6 Å². The van der Waals surface area contributed by atoms with Crippen molar-refractivity contribution in [3.63, 3.8) is 0 Å². The molecule has 134 valence electrons. The van der Waals surface area contributed by atoms with Crippen molar-refractivity contribution in [2.75, 3.05) is 0 Å². The van der Waals surface area contributed by atoms with Crippen molar-refractivity contribution in [2.45, 2.75) is 76.7 Å². The Bertz CT molecular complexity index is 691. The van der Waals surface area contributed by atoms with Crippen LogP contribution in [0, 0.1) is 5.41 Å². The number of benzene rings is 1. The Kier molecular flexibility index (Phi) is 5.07. The number of amides is 1. The van der Waals surface area contributed by atoms with Gasteiger partial charge < -0.3 is 5.32 Å². The number of aromatic nitrogens is 1. The molecule has 1 N–H and O–H groups in total. The maximum absolute atomic E-state index is 13.2. The molecule has 2 aromatic rings. The van der Waals surface area contributed by atoms with Crippen LogP contribution in [-0.4, -0.2) is 16.9 Å². The van der Waals surface area contributed by atoms with E-state index in [1.165, 1.54) is 43.2 Å². The van der Waals surface area contributed by atoms with Gasteiger partial charge in [-0.15, -0.1) is 11.3 Å². The molecular weight excluding hydrogens is 328 g/mol. The van der Waals surface area contributed by atoms with Gasteiger partial charge in [-0.3, -0.25) is 4.79 Å². The number of thiazole rings is 1. The molecule has 0 bridgehead atoms. The van der Waals surface area contributed by atoms with Crippen molar-refractivity contribution in [2.24, 2.45) is 5.41 Å². The number of hydrogen-bond donors (Lipinski definition) is 1. The van der Waals surface area contributed by atoms with E-state index >= 15 is 0 Å². The number of nitrogens with one attached hydrogen (secondary N) is 1. The highest BCUT2D eigenvalue weighted by atomic mass is 32.1. The molecule has 1 aromatic heterocycles. The third-order valence-electron chi connectivity index (χ3n) is 6.06. The molecule has 4 heteroatoms. The Morgan fingerprint density at radius 2 is 1.80 bits per heavy atom. The predicted octanol–water partition coefficient (Wildman–Crippen LogP) is 5.24. The summed E-state index contributed by atoms with van der Waals surface area (Å²) in [7, 11) is 0. The molecule has 4 rings (SSSR count). The minimum Gasteiger partial charge on any atom is -0.353 e. The molecule has 2 saturated carbocycles. The zero-order valence-corrected chi connectivity index (χ0v) is 15.7. The maximum atomic E-state index is 13.2. The summed E-state index contributed by atoms with van der Waals surface area (Å²) in [5, 5.41) is 4.56. The zero-order valence-electron chi connectivity index (χ0n) is 14.9. The molecule has 1 aromatic carbocycles. The van der Waals surface area contributed by atoms with Crippen molar-refractivity contribution in [3.8, 4) is 0 Å². The lowest BCUT2D eigenvalue weighted by Gasteiger charge is -2.29. The first-order valence-electron chi connectivity index (χ1n) is 9.91. The molecule has 1 heterocycles. The number of carbonyl (C=O) groups is 1. The number of fused-ring (bicyclic) bond motifs is 1. The van der Waals surface area contributed by atoms with Gasteiger partial charge in [0.1, 0.15) is 0 Å². The van der Waals surface area contributed by atoms with Crippen LogP contribution < -0.4 is 5.32 Å². The fourth-order valence-corrected chi connectivity index (χ4v) is 5.69. The molecule has 2 aliphatic rings. The van der Waals surface area contributed by atoms with E-state index in [1.54, 1.807) is 11.3 Å². The number of para-hydroxylation sites is 1. The fraction of sp³-hybridized carbons (Fsp3) is 0.619. The first-order valence-corrected chi connectivity index (χ1v) is 10.7. The molecule has 0 atom stereocenters. The van der Waals surface area contributed by atoms with E-state index < -0.39 is 0 Å². The average molecular weight is 357 g/mol. The van der Waals surface area contributed by atoms with Gasteiger partial charge in [0.15, 0.2) is 0 Å². The minimum atomic E-state index is -0.222. The van der Waals surface area contributed by atoms with Gasteiger partial charge in [-0.2, -0.15) is 0 Å². The van der Waals surface area contributed by atoms with Crippen LogP contribution in [0.3, 0.4) is 0 Å². The van der Waals surface area contributed by atoms with Gasteiger partial charge >= 0.3 is 0 Å². The van der Waals surface area contributed by atoms with Crippen molar-refractivity contribution < 1.29 is 4.79 Å². The van der Waals surface area contributed by atoms with E-state index in [0.29, 0.717) is 11.9 Å². The SMILES string of the molecule is O=C(NC1CCCCCC1)C1(Cc2nc3ccccc3s2)CCCC1. The summed E-state index contributed by atoms with van der Waals surface area (Å²) in [6.45, 7) is 0. The normalized spacial score (nSPS) is 21.3. The van der Waals surface area contributed by atoms with Crippen molar-refractivity contribution in [1.82, 2.24) is 10.3 Å². The lowest BCUT2D eigenvalue weighted by molar-refractivity contribution is -0.131. The molecule has 2 fully saturated rings. The number of carbonyl (C=O) groups excluding carboxylic acids is 1. The van der Waals surface area contributed by atoms with Gasteiger partial charge in [-0.1, -0.05) is 50.7 Å². The van der Waals surface area contributed by atoms with E-state index in [2.05, 4.69) is 23.5 Å². The van der Waals surface area contributed by atoms with Gasteiger partial charge in [0.25, 0.3) is 0 Å². The molecular formula is C21H28N2OS. The largest absolute Gasteiger partial charge is 0.353 e. The summed E-state index contributed by atoms with van der Waals surface area (Å²) >= 11 is 1.76. The van der Waals surface area contributed by atoms with Gasteiger partial charge in [0.2, 0.25) is 5.91 Å². The van der Waals surface area contributed by atoms with Crippen LogP contribution in [-0.2, 0) is 11.2 Å². The Hall–Kier alpha value is -1.42. The predicted molar refractivity (Wildman–Crippen MR) is 104 cm³/mol. The number of rotatable bonds is 4. The third-order valence-corrected chi connectivity index (χ3v) is 7.10. The van der Waals surface area contributed by atoms with Crippen molar-refractivity contribution in [3.05, 3.63) is 29.3 Å². The van der Waals surface area contributed by atoms with Crippen LogP contribution >= 0.6 is 11.3 Å². The minimum absolute atomic E-state index is 0.222. The second-order valence-corrected chi connectivity index (χ2v) is 9.02. The van der Waals surface area contributed by atoms with Gasteiger partial charge in [0.05, 0.1) is 20.6 Å². The first kappa shape index (κ1) is 17.0. The lowest BCUT2D eigenvalue weighted by Crippen LogP contribution is -2.45. The van der Waals surface area contributed by atoms with Crippen molar-refractivity contribution >= 4 is 27.5 Å². The highest BCUT2D eigenvalue weighted by Crippen LogP contribution is 2.42. The van der Waals surface area contributed by atoms with Crippen LogP contribution in [0.5, 0.6) is 0 Å². The van der Waals surface area contributed by atoms with E-state index in [9.17, 15) is 4.79 Å². The molecule has 0 radical (unpaired) electrons. The Morgan fingerprint density at radius 1 is 1.08 bits per heavy atom. The standard InChI is InChI=1S/C21H28N2OS/c24-20(22-16-9-3-1-2-4-10-16)21(13-7-8-14-21)15-19-23-17-11-5-6-12-18(17)25-19/h5-6,11-12,16H,1-4,7-10,13-15H2,(H,22,24). The topological polar surface area (TPSA) is 42.0 Å². The van der Waals surface area contributed by atoms with Crippen LogP contribution in [0.15, 0.2) is 24.3 Å². The Labute approximate surface area is 154 Å². The smallest absolute Gasteiger partial charge is 0.226 e. The molecule has 2 aliphatic carbocycles. The van der Waals surface area contributed by atoms with Crippen molar-refractivity contribution in [1.29, 1.82) is 0 Å².